The highest BCUT2D eigenvalue weighted by atomic mass is 19.1. The third-order valence-corrected chi connectivity index (χ3v) is 3.14. The van der Waals surface area contributed by atoms with Crippen LogP contribution in [0.1, 0.15) is 28.5 Å². The van der Waals surface area contributed by atoms with Crippen molar-refractivity contribution in [3.63, 3.8) is 0 Å². The molecule has 1 atom stereocenters. The first-order valence-corrected chi connectivity index (χ1v) is 5.65. The van der Waals surface area contributed by atoms with Gasteiger partial charge in [-0.3, -0.25) is 0 Å². The topological polar surface area (TPSA) is 75.2 Å². The van der Waals surface area contributed by atoms with Gasteiger partial charge in [0, 0.05) is 18.6 Å². The standard InChI is InChI=1S/C12H11FN2O3/c13-8-4-10-9(3-7(8)12(16)17)14-11(15-10)6-1-2-18-5-6/h3-4,6H,1-2,5H2,(H,14,15)(H,16,17). The van der Waals surface area contributed by atoms with Gasteiger partial charge in [-0.2, -0.15) is 0 Å². The molecule has 0 radical (unpaired) electrons. The van der Waals surface area contributed by atoms with E-state index in [4.69, 9.17) is 9.84 Å². The number of nitrogens with zero attached hydrogens (tertiary/aromatic N) is 1. The zero-order valence-electron chi connectivity index (χ0n) is 9.44. The van der Waals surface area contributed by atoms with E-state index in [2.05, 4.69) is 9.97 Å². The zero-order valence-corrected chi connectivity index (χ0v) is 9.44. The fourth-order valence-electron chi connectivity index (χ4n) is 2.16. The number of carboxylic acid groups (broad SMARTS) is 1. The maximum atomic E-state index is 13.5. The number of benzene rings is 1. The lowest BCUT2D eigenvalue weighted by Crippen LogP contribution is -2.00. The molecule has 6 heteroatoms. The second-order valence-corrected chi connectivity index (χ2v) is 4.34. The number of hydrogen-bond acceptors (Lipinski definition) is 3. The van der Waals surface area contributed by atoms with Crippen molar-refractivity contribution >= 4 is 17.0 Å². The van der Waals surface area contributed by atoms with Gasteiger partial charge in [-0.25, -0.2) is 14.2 Å². The van der Waals surface area contributed by atoms with Crippen LogP contribution < -0.4 is 0 Å². The van der Waals surface area contributed by atoms with E-state index in [1.165, 1.54) is 12.1 Å². The SMILES string of the molecule is O=C(O)c1cc2nc(C3CCOC3)[nH]c2cc1F. The summed E-state index contributed by atoms with van der Waals surface area (Å²) in [5.41, 5.74) is 0.623. The Hall–Kier alpha value is -1.95. The van der Waals surface area contributed by atoms with Gasteiger partial charge in [0.05, 0.1) is 23.2 Å². The number of halogens is 1. The van der Waals surface area contributed by atoms with E-state index in [0.29, 0.717) is 24.2 Å². The summed E-state index contributed by atoms with van der Waals surface area (Å²) in [6.45, 7) is 1.28. The van der Waals surface area contributed by atoms with Gasteiger partial charge in [0.2, 0.25) is 0 Å². The van der Waals surface area contributed by atoms with Gasteiger partial charge in [-0.15, -0.1) is 0 Å². The minimum absolute atomic E-state index is 0.175. The number of carbonyl (C=O) groups is 1. The fraction of sp³-hybridized carbons (Fsp3) is 0.333. The van der Waals surface area contributed by atoms with E-state index >= 15 is 0 Å². The molecule has 2 aromatic rings. The number of H-pyrrole nitrogens is 1. The minimum Gasteiger partial charge on any atom is -0.478 e. The van der Waals surface area contributed by atoms with Crippen molar-refractivity contribution in [1.29, 1.82) is 0 Å². The van der Waals surface area contributed by atoms with E-state index in [1.807, 2.05) is 0 Å². The average Bonchev–Trinajstić information content (AvgIpc) is 2.95. The minimum atomic E-state index is -1.29. The van der Waals surface area contributed by atoms with Gasteiger partial charge in [-0.1, -0.05) is 0 Å². The quantitative estimate of drug-likeness (QED) is 0.853. The normalized spacial score (nSPS) is 19.5. The van der Waals surface area contributed by atoms with Crippen LogP contribution in [0.4, 0.5) is 4.39 Å². The third kappa shape index (κ3) is 1.74. The van der Waals surface area contributed by atoms with Crippen molar-refractivity contribution in [2.75, 3.05) is 13.2 Å². The van der Waals surface area contributed by atoms with Crippen molar-refractivity contribution in [3.8, 4) is 0 Å². The number of rotatable bonds is 2. The van der Waals surface area contributed by atoms with Gasteiger partial charge in [0.15, 0.2) is 0 Å². The molecule has 94 valence electrons. The van der Waals surface area contributed by atoms with Crippen molar-refractivity contribution < 1.29 is 19.0 Å². The Labute approximate surface area is 102 Å². The summed E-state index contributed by atoms with van der Waals surface area (Å²) in [5, 5.41) is 8.85. The van der Waals surface area contributed by atoms with Gasteiger partial charge >= 0.3 is 5.97 Å². The van der Waals surface area contributed by atoms with Crippen molar-refractivity contribution in [3.05, 3.63) is 29.3 Å². The van der Waals surface area contributed by atoms with E-state index in [-0.39, 0.29) is 11.5 Å². The molecular weight excluding hydrogens is 239 g/mol. The van der Waals surface area contributed by atoms with Crippen molar-refractivity contribution in [2.24, 2.45) is 0 Å². The lowest BCUT2D eigenvalue weighted by molar-refractivity contribution is 0.0692. The molecule has 1 saturated heterocycles. The second kappa shape index (κ2) is 4.06. The Kier molecular flexibility index (Phi) is 2.52. The highest BCUT2D eigenvalue weighted by Crippen LogP contribution is 2.26. The molecule has 1 aliphatic rings. The zero-order chi connectivity index (χ0) is 12.7. The maximum absolute atomic E-state index is 13.5. The van der Waals surface area contributed by atoms with Crippen LogP contribution in [0.5, 0.6) is 0 Å². The molecule has 0 saturated carbocycles. The molecule has 0 amide bonds. The first kappa shape index (κ1) is 11.2. The number of aromatic nitrogens is 2. The summed E-state index contributed by atoms with van der Waals surface area (Å²) in [6, 6.07) is 2.42. The van der Waals surface area contributed by atoms with Crippen LogP contribution in [-0.2, 0) is 4.74 Å². The Bertz CT molecular complexity index is 617. The van der Waals surface area contributed by atoms with Crippen molar-refractivity contribution in [2.45, 2.75) is 12.3 Å². The molecule has 1 fully saturated rings. The molecule has 1 unspecified atom stereocenters. The van der Waals surface area contributed by atoms with E-state index < -0.39 is 11.8 Å². The molecule has 5 nitrogen and oxygen atoms in total. The lowest BCUT2D eigenvalue weighted by atomic mass is 10.1. The Morgan fingerprint density at radius 1 is 1.56 bits per heavy atom. The number of ether oxygens (including phenoxy) is 1. The summed E-state index contributed by atoms with van der Waals surface area (Å²) in [6.07, 6.45) is 0.869. The Balaban J connectivity index is 2.08. The Morgan fingerprint density at radius 2 is 2.39 bits per heavy atom. The van der Waals surface area contributed by atoms with Crippen LogP contribution in [0.2, 0.25) is 0 Å². The highest BCUT2D eigenvalue weighted by molar-refractivity contribution is 5.92. The molecule has 0 aliphatic carbocycles. The number of carboxylic acids is 1. The van der Waals surface area contributed by atoms with Crippen LogP contribution in [0.3, 0.4) is 0 Å². The van der Waals surface area contributed by atoms with Gasteiger partial charge in [-0.05, 0) is 12.5 Å². The maximum Gasteiger partial charge on any atom is 0.338 e. The number of nitrogens with one attached hydrogen (secondary N) is 1. The van der Waals surface area contributed by atoms with Gasteiger partial charge in [0.1, 0.15) is 11.6 Å². The highest BCUT2D eigenvalue weighted by Gasteiger charge is 2.22. The number of aromatic amines is 1. The summed E-state index contributed by atoms with van der Waals surface area (Å²) < 4.78 is 18.8. The fourth-order valence-corrected chi connectivity index (χ4v) is 2.16. The molecule has 18 heavy (non-hydrogen) atoms. The predicted octanol–water partition coefficient (Wildman–Crippen LogP) is 1.90. The molecular formula is C12H11FN2O3. The van der Waals surface area contributed by atoms with Crippen LogP contribution in [-0.4, -0.2) is 34.3 Å². The van der Waals surface area contributed by atoms with E-state index in [9.17, 15) is 9.18 Å². The first-order valence-electron chi connectivity index (χ1n) is 5.65. The van der Waals surface area contributed by atoms with Crippen LogP contribution in [0, 0.1) is 5.82 Å². The second-order valence-electron chi connectivity index (χ2n) is 4.34. The van der Waals surface area contributed by atoms with E-state index in [1.54, 1.807) is 0 Å². The molecule has 1 aromatic heterocycles. The summed E-state index contributed by atoms with van der Waals surface area (Å²) >= 11 is 0. The molecule has 2 N–H and O–H groups in total. The predicted molar refractivity (Wildman–Crippen MR) is 61.2 cm³/mol. The molecule has 1 aliphatic heterocycles. The molecule has 0 bridgehead atoms. The van der Waals surface area contributed by atoms with Crippen LogP contribution in [0.15, 0.2) is 12.1 Å². The number of fused-ring (bicyclic) bond motifs is 1. The number of imidazole rings is 1. The van der Waals surface area contributed by atoms with Crippen LogP contribution >= 0.6 is 0 Å². The summed E-state index contributed by atoms with van der Waals surface area (Å²) in [4.78, 5) is 18.2. The number of aromatic carboxylic acids is 1. The number of hydrogen-bond donors (Lipinski definition) is 2. The largest absolute Gasteiger partial charge is 0.478 e. The molecule has 2 heterocycles. The lowest BCUT2D eigenvalue weighted by Gasteiger charge is -2.00. The first-order chi connectivity index (χ1) is 8.65. The van der Waals surface area contributed by atoms with Gasteiger partial charge in [0.25, 0.3) is 0 Å². The molecule has 1 aromatic carbocycles. The summed E-state index contributed by atoms with van der Waals surface area (Å²) in [5.74, 6) is -1.14. The monoisotopic (exact) mass is 250 g/mol. The van der Waals surface area contributed by atoms with Crippen LogP contribution in [0.25, 0.3) is 11.0 Å². The summed E-state index contributed by atoms with van der Waals surface area (Å²) in [7, 11) is 0. The Morgan fingerprint density at radius 3 is 3.06 bits per heavy atom. The van der Waals surface area contributed by atoms with Gasteiger partial charge < -0.3 is 14.8 Å². The molecule has 0 spiro atoms. The average molecular weight is 250 g/mol. The molecule has 3 rings (SSSR count). The third-order valence-electron chi connectivity index (χ3n) is 3.14. The van der Waals surface area contributed by atoms with E-state index in [0.717, 1.165) is 12.2 Å². The smallest absolute Gasteiger partial charge is 0.338 e. The van der Waals surface area contributed by atoms with Crippen molar-refractivity contribution in [1.82, 2.24) is 9.97 Å².